The number of anilines is 1. The monoisotopic (exact) mass is 376 g/mol. The van der Waals surface area contributed by atoms with Crippen molar-refractivity contribution in [2.75, 3.05) is 5.32 Å². The van der Waals surface area contributed by atoms with E-state index < -0.39 is 10.0 Å². The second-order valence-corrected chi connectivity index (χ2v) is 7.31. The minimum Gasteiger partial charge on any atom is -0.325 e. The van der Waals surface area contributed by atoms with Crippen LogP contribution in [-0.4, -0.2) is 14.3 Å². The molecule has 0 fully saturated rings. The number of halogens is 1. The summed E-state index contributed by atoms with van der Waals surface area (Å²) in [5, 5.41) is 7.80. The number of unbranched alkanes of at least 4 members (excludes halogenated alkanes) is 4. The molecule has 5 nitrogen and oxygen atoms in total. The zero-order valence-electron chi connectivity index (χ0n) is 12.1. The van der Waals surface area contributed by atoms with Crippen molar-refractivity contribution in [2.45, 2.75) is 50.3 Å². The van der Waals surface area contributed by atoms with Crippen LogP contribution < -0.4 is 10.5 Å². The Labute approximate surface area is 134 Å². The number of nitrogens with one attached hydrogen (secondary N) is 1. The van der Waals surface area contributed by atoms with Crippen molar-refractivity contribution >= 4 is 37.5 Å². The van der Waals surface area contributed by atoms with Crippen LogP contribution in [-0.2, 0) is 14.8 Å². The van der Waals surface area contributed by atoms with Gasteiger partial charge in [-0.05, 0) is 40.5 Å². The summed E-state index contributed by atoms with van der Waals surface area (Å²) >= 11 is 3.24. The Morgan fingerprint density at radius 1 is 1.24 bits per heavy atom. The van der Waals surface area contributed by atoms with Crippen molar-refractivity contribution in [3.63, 3.8) is 0 Å². The molecule has 0 saturated heterocycles. The number of hydrogen-bond donors (Lipinski definition) is 2. The molecular weight excluding hydrogens is 356 g/mol. The Bertz CT molecular complexity index is 588. The van der Waals surface area contributed by atoms with Gasteiger partial charge in [-0.3, -0.25) is 4.79 Å². The third kappa shape index (κ3) is 6.58. The maximum absolute atomic E-state index is 11.8. The highest BCUT2D eigenvalue weighted by molar-refractivity contribution is 9.10. The zero-order valence-corrected chi connectivity index (χ0v) is 14.5. The molecule has 21 heavy (non-hydrogen) atoms. The number of carbonyl (C=O) groups excluding carboxylic acids is 1. The fourth-order valence-electron chi connectivity index (χ4n) is 1.88. The summed E-state index contributed by atoms with van der Waals surface area (Å²) in [5.41, 5.74) is 0.543. The second-order valence-electron chi connectivity index (χ2n) is 4.90. The molecule has 0 aromatic heterocycles. The SMILES string of the molecule is CCCCCCCC(=O)Nc1ccc(S(N)(=O)=O)cc1Br. The first-order valence-corrected chi connectivity index (χ1v) is 9.30. The number of carbonyl (C=O) groups is 1. The molecule has 3 N–H and O–H groups in total. The lowest BCUT2D eigenvalue weighted by atomic mass is 10.1. The molecule has 118 valence electrons. The molecule has 0 aliphatic rings. The fraction of sp³-hybridized carbons (Fsp3) is 0.500. The molecule has 0 saturated carbocycles. The first-order chi connectivity index (χ1) is 9.84. The van der Waals surface area contributed by atoms with E-state index in [0.29, 0.717) is 16.6 Å². The van der Waals surface area contributed by atoms with E-state index in [1.54, 1.807) is 0 Å². The quantitative estimate of drug-likeness (QED) is 0.681. The molecule has 1 aromatic carbocycles. The van der Waals surface area contributed by atoms with E-state index in [1.165, 1.54) is 31.0 Å². The number of amides is 1. The van der Waals surface area contributed by atoms with Gasteiger partial charge in [0.1, 0.15) is 0 Å². The molecule has 1 amide bonds. The Hall–Kier alpha value is -0.920. The standard InChI is InChI=1S/C14H21BrN2O3S/c1-2-3-4-5-6-7-14(18)17-13-9-8-11(10-12(13)15)21(16,19)20/h8-10H,2-7H2,1H3,(H,17,18)(H2,16,19,20). The van der Waals surface area contributed by atoms with Crippen molar-refractivity contribution in [3.05, 3.63) is 22.7 Å². The van der Waals surface area contributed by atoms with E-state index in [9.17, 15) is 13.2 Å². The molecule has 0 radical (unpaired) electrons. The predicted molar refractivity (Wildman–Crippen MR) is 87.5 cm³/mol. The van der Waals surface area contributed by atoms with Crippen molar-refractivity contribution < 1.29 is 13.2 Å². The third-order valence-electron chi connectivity index (χ3n) is 3.05. The lowest BCUT2D eigenvalue weighted by Gasteiger charge is -2.08. The molecule has 7 heteroatoms. The van der Waals surface area contributed by atoms with E-state index in [4.69, 9.17) is 5.14 Å². The van der Waals surface area contributed by atoms with Crippen LogP contribution in [0.2, 0.25) is 0 Å². The molecule has 1 rings (SSSR count). The summed E-state index contributed by atoms with van der Waals surface area (Å²) in [6.07, 6.45) is 5.90. The highest BCUT2D eigenvalue weighted by atomic mass is 79.9. The van der Waals surface area contributed by atoms with Gasteiger partial charge in [-0.2, -0.15) is 0 Å². The summed E-state index contributed by atoms with van der Waals surface area (Å²) in [5.74, 6) is -0.0736. The average Bonchev–Trinajstić information content (AvgIpc) is 2.39. The minimum atomic E-state index is -3.74. The van der Waals surface area contributed by atoms with Crippen LogP contribution in [0.5, 0.6) is 0 Å². The molecule has 1 aromatic rings. The van der Waals surface area contributed by atoms with E-state index in [-0.39, 0.29) is 10.8 Å². The number of nitrogens with two attached hydrogens (primary N) is 1. The molecular formula is C14H21BrN2O3S. The van der Waals surface area contributed by atoms with Crippen LogP contribution in [0.3, 0.4) is 0 Å². The fourth-order valence-corrected chi connectivity index (χ4v) is 3.05. The van der Waals surface area contributed by atoms with Gasteiger partial charge in [0.15, 0.2) is 0 Å². The van der Waals surface area contributed by atoms with Gasteiger partial charge < -0.3 is 5.32 Å². The summed E-state index contributed by atoms with van der Waals surface area (Å²) in [7, 11) is -3.74. The van der Waals surface area contributed by atoms with E-state index in [2.05, 4.69) is 28.2 Å². The summed E-state index contributed by atoms with van der Waals surface area (Å²) < 4.78 is 22.9. The van der Waals surface area contributed by atoms with Gasteiger partial charge in [-0.1, -0.05) is 32.6 Å². The Morgan fingerprint density at radius 2 is 1.90 bits per heavy atom. The van der Waals surface area contributed by atoms with Crippen LogP contribution in [0.25, 0.3) is 0 Å². The average molecular weight is 377 g/mol. The molecule has 0 aliphatic carbocycles. The van der Waals surface area contributed by atoms with E-state index >= 15 is 0 Å². The van der Waals surface area contributed by atoms with Crippen molar-refractivity contribution in [3.8, 4) is 0 Å². The Kier molecular flexibility index (Phi) is 7.34. The second kappa shape index (κ2) is 8.51. The summed E-state index contributed by atoms with van der Waals surface area (Å²) in [6, 6.07) is 4.28. The number of sulfonamides is 1. The molecule has 0 bridgehead atoms. The molecule has 0 aliphatic heterocycles. The zero-order chi connectivity index (χ0) is 15.9. The lowest BCUT2D eigenvalue weighted by molar-refractivity contribution is -0.116. The minimum absolute atomic E-state index is 0.00643. The first-order valence-electron chi connectivity index (χ1n) is 6.96. The molecule has 0 spiro atoms. The number of hydrogen-bond acceptors (Lipinski definition) is 3. The van der Waals surface area contributed by atoms with Crippen LogP contribution >= 0.6 is 15.9 Å². The highest BCUT2D eigenvalue weighted by Crippen LogP contribution is 2.25. The maximum atomic E-state index is 11.8. The predicted octanol–water partition coefficient (Wildman–Crippen LogP) is 3.40. The van der Waals surface area contributed by atoms with Crippen LogP contribution in [0, 0.1) is 0 Å². The number of primary sulfonamides is 1. The van der Waals surface area contributed by atoms with Crippen LogP contribution in [0.4, 0.5) is 5.69 Å². The van der Waals surface area contributed by atoms with Crippen molar-refractivity contribution in [1.29, 1.82) is 0 Å². The topological polar surface area (TPSA) is 89.3 Å². The van der Waals surface area contributed by atoms with Gasteiger partial charge in [0, 0.05) is 10.9 Å². The third-order valence-corrected chi connectivity index (χ3v) is 4.62. The van der Waals surface area contributed by atoms with Crippen LogP contribution in [0.15, 0.2) is 27.6 Å². The van der Waals surface area contributed by atoms with Gasteiger partial charge in [0.25, 0.3) is 0 Å². The van der Waals surface area contributed by atoms with Crippen LogP contribution in [0.1, 0.15) is 45.4 Å². The van der Waals surface area contributed by atoms with Gasteiger partial charge in [0.2, 0.25) is 15.9 Å². The van der Waals surface area contributed by atoms with Gasteiger partial charge in [-0.15, -0.1) is 0 Å². The summed E-state index contributed by atoms with van der Waals surface area (Å²) in [6.45, 7) is 2.15. The van der Waals surface area contributed by atoms with E-state index in [0.717, 1.165) is 19.3 Å². The smallest absolute Gasteiger partial charge is 0.238 e. The van der Waals surface area contributed by atoms with Gasteiger partial charge in [-0.25, -0.2) is 13.6 Å². The summed E-state index contributed by atoms with van der Waals surface area (Å²) in [4.78, 5) is 11.8. The van der Waals surface area contributed by atoms with Crippen molar-refractivity contribution in [2.24, 2.45) is 5.14 Å². The first kappa shape index (κ1) is 18.1. The molecule has 0 unspecified atom stereocenters. The lowest BCUT2D eigenvalue weighted by Crippen LogP contribution is -2.14. The highest BCUT2D eigenvalue weighted by Gasteiger charge is 2.11. The Morgan fingerprint density at radius 3 is 2.48 bits per heavy atom. The normalized spacial score (nSPS) is 11.4. The largest absolute Gasteiger partial charge is 0.325 e. The number of rotatable bonds is 8. The van der Waals surface area contributed by atoms with E-state index in [1.807, 2.05) is 0 Å². The maximum Gasteiger partial charge on any atom is 0.238 e. The number of benzene rings is 1. The molecule has 0 atom stereocenters. The van der Waals surface area contributed by atoms with Gasteiger partial charge >= 0.3 is 0 Å². The van der Waals surface area contributed by atoms with Gasteiger partial charge in [0.05, 0.1) is 10.6 Å². The molecule has 0 heterocycles. The Balaban J connectivity index is 2.53. The van der Waals surface area contributed by atoms with Crippen molar-refractivity contribution in [1.82, 2.24) is 0 Å².